The van der Waals surface area contributed by atoms with E-state index in [0.717, 1.165) is 5.56 Å². The van der Waals surface area contributed by atoms with E-state index in [4.69, 9.17) is 9.47 Å². The second-order valence-corrected chi connectivity index (χ2v) is 10.6. The summed E-state index contributed by atoms with van der Waals surface area (Å²) in [6.07, 6.45) is -0.149. The van der Waals surface area contributed by atoms with E-state index in [1.807, 2.05) is 24.3 Å². The Labute approximate surface area is 106 Å². The van der Waals surface area contributed by atoms with Crippen molar-refractivity contribution >= 4 is 41.8 Å². The van der Waals surface area contributed by atoms with E-state index in [1.165, 1.54) is 0 Å². The lowest BCUT2D eigenvalue weighted by Crippen LogP contribution is -1.96. The normalized spacial score (nSPS) is 15.6. The van der Waals surface area contributed by atoms with Crippen LogP contribution in [0.5, 0.6) is 0 Å². The molecule has 0 aromatic heterocycles. The summed E-state index contributed by atoms with van der Waals surface area (Å²) in [5, 5.41) is 0. The minimum Gasteiger partial charge on any atom is -0.346 e. The van der Waals surface area contributed by atoms with Gasteiger partial charge in [-0.05, 0) is 6.07 Å². The molecule has 0 atom stereocenters. The Bertz CT molecular complexity index is 240. The van der Waals surface area contributed by atoms with Crippen molar-refractivity contribution in [2.75, 3.05) is 13.2 Å². The second kappa shape index (κ2) is 8.07. The van der Waals surface area contributed by atoms with Crippen molar-refractivity contribution in [2.24, 2.45) is 0 Å². The summed E-state index contributed by atoms with van der Waals surface area (Å²) in [5.74, 6) is 0. The van der Waals surface area contributed by atoms with Crippen molar-refractivity contribution in [1.29, 1.82) is 0 Å². The molecule has 1 saturated heterocycles. The number of benzene rings is 1. The van der Waals surface area contributed by atoms with Crippen LogP contribution in [0.25, 0.3) is 0 Å². The van der Waals surface area contributed by atoms with Gasteiger partial charge in [-0.15, -0.1) is 0 Å². The highest BCUT2D eigenvalue weighted by molar-refractivity contribution is 9.47. The van der Waals surface area contributed by atoms with Crippen molar-refractivity contribution in [3.63, 3.8) is 0 Å². The summed E-state index contributed by atoms with van der Waals surface area (Å²) in [6, 6.07) is 10.6. The van der Waals surface area contributed by atoms with Gasteiger partial charge in [0, 0.05) is 5.56 Å². The van der Waals surface area contributed by atoms with Gasteiger partial charge < -0.3 is 9.47 Å². The van der Waals surface area contributed by atoms with Gasteiger partial charge in [0.1, 0.15) is 0 Å². The van der Waals surface area contributed by atoms with Crippen LogP contribution in [0, 0.1) is 6.07 Å². The van der Waals surface area contributed by atoms with Crippen LogP contribution in [-0.2, 0) is 9.47 Å². The molecule has 1 aromatic carbocycles. The smallest absolute Gasteiger partial charge is 0.346 e. The highest BCUT2D eigenvalue weighted by Gasteiger charge is 2.16. The first-order chi connectivity index (χ1) is 6.88. The zero-order valence-corrected chi connectivity index (χ0v) is 12.2. The maximum atomic E-state index is 5.30. The summed E-state index contributed by atoms with van der Waals surface area (Å²) in [7, 11) is 0. The molecule has 1 aliphatic heterocycles. The molecule has 73 valence electrons. The third-order valence-electron chi connectivity index (χ3n) is 1.64. The van der Waals surface area contributed by atoms with E-state index in [1.54, 1.807) is 0 Å². The van der Waals surface area contributed by atoms with Gasteiger partial charge in [-0.25, -0.2) is 0 Å². The minimum absolute atomic E-state index is 0.0417. The van der Waals surface area contributed by atoms with Gasteiger partial charge in [-0.2, -0.15) is 0 Å². The van der Waals surface area contributed by atoms with Crippen LogP contribution in [0.4, 0.5) is 0 Å². The lowest BCUT2D eigenvalue weighted by Gasteiger charge is -2.07. The topological polar surface area (TPSA) is 18.5 Å². The van der Waals surface area contributed by atoms with E-state index in [9.17, 15) is 0 Å². The van der Waals surface area contributed by atoms with Crippen LogP contribution >= 0.6 is 25.8 Å². The van der Waals surface area contributed by atoms with Crippen molar-refractivity contribution in [2.45, 2.75) is 6.29 Å². The van der Waals surface area contributed by atoms with Gasteiger partial charge in [0.2, 0.25) is 0 Å². The van der Waals surface area contributed by atoms with Crippen LogP contribution < -0.4 is 0 Å². The average Bonchev–Trinajstić information content (AvgIpc) is 2.73. The van der Waals surface area contributed by atoms with Crippen molar-refractivity contribution in [3.05, 3.63) is 35.9 Å². The summed E-state index contributed by atoms with van der Waals surface area (Å²) in [5.41, 5.74) is 1.07. The number of ether oxygens (including phenoxy) is 2. The predicted octanol–water partition coefficient (Wildman–Crippen LogP) is 2.84. The third kappa shape index (κ3) is 4.59. The first kappa shape index (κ1) is 12.9. The van der Waals surface area contributed by atoms with Gasteiger partial charge in [0.25, 0.3) is 0 Å². The van der Waals surface area contributed by atoms with Gasteiger partial charge in [0.15, 0.2) is 6.29 Å². The van der Waals surface area contributed by atoms with Crippen LogP contribution in [0.15, 0.2) is 24.3 Å². The fourth-order valence-corrected chi connectivity index (χ4v) is 1.11. The second-order valence-electron chi connectivity index (χ2n) is 2.51. The van der Waals surface area contributed by atoms with E-state index in [0.29, 0.717) is 13.2 Å². The van der Waals surface area contributed by atoms with E-state index >= 15 is 0 Å². The number of hydrogen-bond donors (Lipinski definition) is 0. The fourth-order valence-electron chi connectivity index (χ4n) is 1.11. The molecule has 1 aromatic rings. The number of rotatable bonds is 1. The standard InChI is InChI=1S/C9H9O2.2BrH.Mg/c1-2-4-8(5-3-1)9-10-6-7-11-9;;;/h2-5,9H,6-7H2;2*1H;/q;;;+2/p-2. The average molecular weight is 333 g/mol. The van der Waals surface area contributed by atoms with Crippen LogP contribution in [0.2, 0.25) is 0 Å². The molecule has 1 fully saturated rings. The maximum Gasteiger partial charge on any atom is 0.560 e. The van der Waals surface area contributed by atoms with Crippen LogP contribution in [0.3, 0.4) is 0 Å². The molecule has 0 amide bonds. The molecule has 0 N–H and O–H groups in total. The molecule has 0 bridgehead atoms. The van der Waals surface area contributed by atoms with E-state index < -0.39 is 0 Å². The molecule has 14 heavy (non-hydrogen) atoms. The predicted molar refractivity (Wildman–Crippen MR) is 63.5 cm³/mol. The highest BCUT2D eigenvalue weighted by Crippen LogP contribution is 2.21. The Morgan fingerprint density at radius 3 is 2.21 bits per heavy atom. The zero-order valence-electron chi connectivity index (χ0n) is 7.58. The van der Waals surface area contributed by atoms with Crippen LogP contribution in [-0.4, -0.2) is 29.2 Å². The Morgan fingerprint density at radius 2 is 1.71 bits per heavy atom. The Kier molecular flexibility index (Phi) is 7.45. The monoisotopic (exact) mass is 331 g/mol. The first-order valence-electron chi connectivity index (χ1n) is 4.19. The molecule has 5 heteroatoms. The van der Waals surface area contributed by atoms with Crippen molar-refractivity contribution in [1.82, 2.24) is 0 Å². The van der Waals surface area contributed by atoms with Crippen LogP contribution in [0.1, 0.15) is 11.9 Å². The molecule has 1 aliphatic rings. The Balaban J connectivity index is 0.000000293. The molecular weight excluding hydrogens is 324 g/mol. The lowest BCUT2D eigenvalue weighted by atomic mass is 10.2. The van der Waals surface area contributed by atoms with Gasteiger partial charge in [0.05, 0.1) is 13.2 Å². The Hall–Kier alpha value is 0.866. The van der Waals surface area contributed by atoms with Gasteiger partial charge in [-0.3, -0.25) is 25.8 Å². The molecule has 1 heterocycles. The van der Waals surface area contributed by atoms with Crippen molar-refractivity contribution < 1.29 is 9.47 Å². The van der Waals surface area contributed by atoms with E-state index in [-0.39, 0.29) is 22.3 Å². The molecule has 0 saturated carbocycles. The maximum absolute atomic E-state index is 5.30. The van der Waals surface area contributed by atoms with Crippen molar-refractivity contribution in [3.8, 4) is 0 Å². The quantitative estimate of drug-likeness (QED) is 0.736. The first-order valence-corrected chi connectivity index (χ1v) is 12.0. The molecular formula is C9H9Br2MgO2. The largest absolute Gasteiger partial charge is 0.560 e. The summed E-state index contributed by atoms with van der Waals surface area (Å²) in [4.78, 5) is 0. The fraction of sp³-hybridized carbons (Fsp3) is 0.333. The highest BCUT2D eigenvalue weighted by atomic mass is 79.9. The summed E-state index contributed by atoms with van der Waals surface area (Å²) < 4.78 is 10.6. The Morgan fingerprint density at radius 1 is 1.21 bits per heavy atom. The molecule has 0 aliphatic carbocycles. The summed E-state index contributed by atoms with van der Waals surface area (Å²) in [6.45, 7) is 1.40. The summed E-state index contributed by atoms with van der Waals surface area (Å²) >= 11 is 6.44. The van der Waals surface area contributed by atoms with E-state index in [2.05, 4.69) is 31.8 Å². The minimum atomic E-state index is -0.149. The SMILES string of the molecule is [Br][Mg][Br].[c]1ccc(C2OCCO2)cc1. The molecule has 1 radical (unpaired) electrons. The van der Waals surface area contributed by atoms with Gasteiger partial charge >= 0.3 is 16.0 Å². The third-order valence-corrected chi connectivity index (χ3v) is 1.64. The molecule has 0 spiro atoms. The molecule has 0 unspecified atom stereocenters. The lowest BCUT2D eigenvalue weighted by molar-refractivity contribution is -0.0441. The zero-order chi connectivity index (χ0) is 10.2. The van der Waals surface area contributed by atoms with Gasteiger partial charge in [-0.1, -0.05) is 24.3 Å². The molecule has 2 nitrogen and oxygen atoms in total. The number of halogens is 2. The molecule has 2 rings (SSSR count). The number of hydrogen-bond acceptors (Lipinski definition) is 2.